The fourth-order valence-electron chi connectivity index (χ4n) is 0.304. The molecule has 0 unspecified atom stereocenters. The molecule has 0 saturated carbocycles. The topological polar surface area (TPSA) is 62.3 Å². The predicted octanol–water partition coefficient (Wildman–Crippen LogP) is -0.422. The molecule has 0 saturated heterocycles. The van der Waals surface area contributed by atoms with Crippen molar-refractivity contribution in [1.82, 2.24) is 10.6 Å². The van der Waals surface area contributed by atoms with E-state index in [1.54, 1.807) is 0 Å². The molecule has 0 fully saturated rings. The third-order valence-electron chi connectivity index (χ3n) is 0.802. The molecule has 2 radical (unpaired) electrons. The number of carbonyl (C=O) groups is 2. The monoisotopic (exact) mass is 152 g/mol. The van der Waals surface area contributed by atoms with Gasteiger partial charge in [0.25, 0.3) is 11.8 Å². The highest BCUT2D eigenvalue weighted by molar-refractivity contribution is 5.88. The van der Waals surface area contributed by atoms with E-state index in [1.165, 1.54) is 0 Å². The minimum absolute atomic E-state index is 0.157. The van der Waals surface area contributed by atoms with Crippen LogP contribution in [0.2, 0.25) is 0 Å². The Kier molecular flexibility index (Phi) is 4.47. The molecule has 0 bridgehead atoms. The molecule has 11 heavy (non-hydrogen) atoms. The summed E-state index contributed by atoms with van der Waals surface area (Å²) in [5, 5.41) is 6.68. The average molecular weight is 152 g/mol. The van der Waals surface area contributed by atoms with Crippen molar-refractivity contribution in [2.24, 2.45) is 0 Å². The van der Waals surface area contributed by atoms with E-state index in [1.807, 2.05) is 0 Å². The highest BCUT2D eigenvalue weighted by Crippen LogP contribution is 1.71. The summed E-state index contributed by atoms with van der Waals surface area (Å²) in [6.45, 7) is 6.22. The van der Waals surface area contributed by atoms with E-state index < -0.39 is 11.8 Å². The lowest BCUT2D eigenvalue weighted by atomic mass is 10.5. The van der Waals surface area contributed by atoms with Gasteiger partial charge in [0.2, 0.25) is 0 Å². The zero-order chi connectivity index (χ0) is 8.69. The standard InChI is InChI=1S/C7H8N2O2/c1-3-6(10)8-5-9-7(11)4-2/h3-4H,1-2,5H2. The van der Waals surface area contributed by atoms with Crippen molar-refractivity contribution in [2.45, 2.75) is 0 Å². The number of hydrogen-bond donors (Lipinski definition) is 0. The summed E-state index contributed by atoms with van der Waals surface area (Å²) in [4.78, 5) is 20.8. The van der Waals surface area contributed by atoms with E-state index in [0.717, 1.165) is 12.2 Å². The number of nitrogens with zero attached hydrogens (tertiary/aromatic N) is 2. The summed E-state index contributed by atoms with van der Waals surface area (Å²) >= 11 is 0. The van der Waals surface area contributed by atoms with Crippen molar-refractivity contribution in [3.63, 3.8) is 0 Å². The summed E-state index contributed by atoms with van der Waals surface area (Å²) in [5.74, 6) is -0.962. The molecule has 4 heteroatoms. The van der Waals surface area contributed by atoms with Crippen LogP contribution in [0, 0.1) is 0 Å². The summed E-state index contributed by atoms with van der Waals surface area (Å²) in [5.41, 5.74) is 0. The van der Waals surface area contributed by atoms with E-state index >= 15 is 0 Å². The van der Waals surface area contributed by atoms with Gasteiger partial charge in [-0.1, -0.05) is 13.2 Å². The summed E-state index contributed by atoms with van der Waals surface area (Å²) in [7, 11) is 0. The summed E-state index contributed by atoms with van der Waals surface area (Å²) in [6.07, 6.45) is 2.10. The molecular formula is C7H8N2O2. The Morgan fingerprint density at radius 1 is 1.09 bits per heavy atom. The molecule has 0 aliphatic heterocycles. The third kappa shape index (κ3) is 4.90. The number of carbonyl (C=O) groups excluding carboxylic acids is 2. The number of amides is 2. The Balaban J connectivity index is 3.41. The lowest BCUT2D eigenvalue weighted by Crippen LogP contribution is -2.24. The zero-order valence-corrected chi connectivity index (χ0v) is 5.99. The molecule has 0 aromatic heterocycles. The molecule has 2 amide bonds. The third-order valence-corrected chi connectivity index (χ3v) is 0.802. The van der Waals surface area contributed by atoms with Gasteiger partial charge < -0.3 is 0 Å². The predicted molar refractivity (Wildman–Crippen MR) is 39.5 cm³/mol. The first-order valence-electron chi connectivity index (χ1n) is 2.88. The van der Waals surface area contributed by atoms with Crippen LogP contribution in [0.5, 0.6) is 0 Å². The van der Waals surface area contributed by atoms with E-state index in [4.69, 9.17) is 0 Å². The molecule has 0 aliphatic rings. The molecule has 0 aromatic rings. The van der Waals surface area contributed by atoms with Crippen molar-refractivity contribution in [3.8, 4) is 0 Å². The SMILES string of the molecule is C=CC(=O)[N]C[N]C(=O)C=C. The Morgan fingerprint density at radius 2 is 1.45 bits per heavy atom. The van der Waals surface area contributed by atoms with E-state index in [-0.39, 0.29) is 6.67 Å². The maximum Gasteiger partial charge on any atom is 0.266 e. The van der Waals surface area contributed by atoms with E-state index in [9.17, 15) is 9.59 Å². The van der Waals surface area contributed by atoms with Gasteiger partial charge in [0, 0.05) is 0 Å². The Labute approximate surface area is 65.0 Å². The molecule has 0 N–H and O–H groups in total. The fourth-order valence-corrected chi connectivity index (χ4v) is 0.304. The maximum absolute atomic E-state index is 10.4. The molecule has 0 spiro atoms. The van der Waals surface area contributed by atoms with Crippen molar-refractivity contribution in [1.29, 1.82) is 0 Å². The first kappa shape index (κ1) is 9.42. The van der Waals surface area contributed by atoms with Crippen LogP contribution >= 0.6 is 0 Å². The van der Waals surface area contributed by atoms with Crippen molar-refractivity contribution >= 4 is 11.8 Å². The molecule has 0 rings (SSSR count). The maximum atomic E-state index is 10.4. The lowest BCUT2D eigenvalue weighted by Gasteiger charge is -1.94. The molecule has 0 heterocycles. The average Bonchev–Trinajstić information content (AvgIpc) is 2.04. The van der Waals surface area contributed by atoms with Crippen LogP contribution < -0.4 is 10.6 Å². The van der Waals surface area contributed by atoms with Gasteiger partial charge in [-0.25, -0.2) is 10.6 Å². The molecule has 58 valence electrons. The van der Waals surface area contributed by atoms with Gasteiger partial charge in [-0.05, 0) is 12.2 Å². The van der Waals surface area contributed by atoms with Crippen molar-refractivity contribution in [3.05, 3.63) is 25.3 Å². The van der Waals surface area contributed by atoms with Crippen LogP contribution in [0.15, 0.2) is 25.3 Å². The van der Waals surface area contributed by atoms with Crippen LogP contribution in [0.4, 0.5) is 0 Å². The second-order valence-electron chi connectivity index (χ2n) is 1.54. The van der Waals surface area contributed by atoms with Crippen LogP contribution in [0.3, 0.4) is 0 Å². The van der Waals surface area contributed by atoms with E-state index in [2.05, 4.69) is 23.8 Å². The van der Waals surface area contributed by atoms with Crippen LogP contribution in [-0.2, 0) is 9.59 Å². The smallest absolute Gasteiger partial charge is 0.266 e. The van der Waals surface area contributed by atoms with Crippen molar-refractivity contribution in [2.75, 3.05) is 6.67 Å². The van der Waals surface area contributed by atoms with Gasteiger partial charge in [-0.15, -0.1) is 0 Å². The van der Waals surface area contributed by atoms with Gasteiger partial charge in [-0.2, -0.15) is 0 Å². The summed E-state index contributed by atoms with van der Waals surface area (Å²) in [6, 6.07) is 0. The molecule has 0 aromatic carbocycles. The van der Waals surface area contributed by atoms with E-state index in [0.29, 0.717) is 0 Å². The largest absolute Gasteiger partial charge is 0.268 e. The quantitative estimate of drug-likeness (QED) is 0.513. The first-order chi connectivity index (χ1) is 5.20. The Bertz CT molecular complexity index is 167. The highest BCUT2D eigenvalue weighted by atomic mass is 16.2. The number of hydrogen-bond acceptors (Lipinski definition) is 2. The Morgan fingerprint density at radius 3 is 1.73 bits per heavy atom. The van der Waals surface area contributed by atoms with Gasteiger partial charge in [0.15, 0.2) is 0 Å². The normalized spacial score (nSPS) is 8.00. The second kappa shape index (κ2) is 5.22. The lowest BCUT2D eigenvalue weighted by molar-refractivity contribution is -0.118. The minimum Gasteiger partial charge on any atom is -0.268 e. The fraction of sp³-hybridized carbons (Fsp3) is 0.143. The summed E-state index contributed by atoms with van der Waals surface area (Å²) < 4.78 is 0. The highest BCUT2D eigenvalue weighted by Gasteiger charge is 1.98. The number of rotatable bonds is 4. The van der Waals surface area contributed by atoms with Crippen LogP contribution in [-0.4, -0.2) is 18.5 Å². The molecule has 4 nitrogen and oxygen atoms in total. The zero-order valence-electron chi connectivity index (χ0n) is 5.99. The first-order valence-corrected chi connectivity index (χ1v) is 2.88. The minimum atomic E-state index is -0.481. The van der Waals surface area contributed by atoms with Crippen molar-refractivity contribution < 1.29 is 9.59 Å². The molecular weight excluding hydrogens is 144 g/mol. The van der Waals surface area contributed by atoms with Gasteiger partial charge >= 0.3 is 0 Å². The van der Waals surface area contributed by atoms with Gasteiger partial charge in [0.1, 0.15) is 6.67 Å². The van der Waals surface area contributed by atoms with Crippen LogP contribution in [0.25, 0.3) is 0 Å². The molecule has 0 aliphatic carbocycles. The second-order valence-corrected chi connectivity index (χ2v) is 1.54. The molecule has 0 atom stereocenters. The van der Waals surface area contributed by atoms with Gasteiger partial charge in [-0.3, -0.25) is 9.59 Å². The van der Waals surface area contributed by atoms with Crippen LogP contribution in [0.1, 0.15) is 0 Å². The Hall–Kier alpha value is -1.58. The van der Waals surface area contributed by atoms with Gasteiger partial charge in [0.05, 0.1) is 0 Å².